The van der Waals surface area contributed by atoms with Crippen molar-refractivity contribution in [3.8, 4) is 11.5 Å². The number of carbonyl (C=O) groups excluding carboxylic acids is 1. The Bertz CT molecular complexity index is 932. The molecule has 0 aliphatic heterocycles. The summed E-state index contributed by atoms with van der Waals surface area (Å²) in [5.74, 6) is 0.910. The standard InChI is InChI=1S/C19H18N2O4/c1-2-24-15-9-7-14(8-10-15)20-18(23)12-25-16-5-3-4-13-6-11-17(22)21-19(13)16/h3-11H,2,12H2,1H3,(H,20,23)(H,21,22). The average Bonchev–Trinajstić information content (AvgIpc) is 2.62. The summed E-state index contributed by atoms with van der Waals surface area (Å²) in [4.78, 5) is 26.3. The van der Waals surface area contributed by atoms with Crippen LogP contribution in [-0.4, -0.2) is 24.1 Å². The summed E-state index contributed by atoms with van der Waals surface area (Å²) in [7, 11) is 0. The van der Waals surface area contributed by atoms with E-state index in [1.165, 1.54) is 6.07 Å². The van der Waals surface area contributed by atoms with Crippen molar-refractivity contribution < 1.29 is 14.3 Å². The van der Waals surface area contributed by atoms with E-state index in [1.54, 1.807) is 42.5 Å². The van der Waals surface area contributed by atoms with Crippen molar-refractivity contribution in [2.45, 2.75) is 6.92 Å². The van der Waals surface area contributed by atoms with E-state index in [0.29, 0.717) is 23.6 Å². The van der Waals surface area contributed by atoms with Crippen LogP contribution in [0.1, 0.15) is 6.92 Å². The van der Waals surface area contributed by atoms with Gasteiger partial charge in [0.25, 0.3) is 5.91 Å². The number of hydrogen-bond acceptors (Lipinski definition) is 4. The molecule has 1 heterocycles. The Kier molecular flexibility index (Phi) is 4.99. The van der Waals surface area contributed by atoms with Crippen LogP contribution in [0.4, 0.5) is 5.69 Å². The molecule has 1 aromatic heterocycles. The molecule has 2 N–H and O–H groups in total. The molecule has 2 aromatic carbocycles. The molecule has 0 spiro atoms. The molecule has 0 radical (unpaired) electrons. The van der Waals surface area contributed by atoms with E-state index in [2.05, 4.69) is 10.3 Å². The maximum absolute atomic E-state index is 12.1. The van der Waals surface area contributed by atoms with Gasteiger partial charge in [-0.2, -0.15) is 0 Å². The van der Waals surface area contributed by atoms with Gasteiger partial charge in [0.15, 0.2) is 6.61 Å². The number of H-pyrrole nitrogens is 1. The molecule has 0 saturated carbocycles. The monoisotopic (exact) mass is 338 g/mol. The fourth-order valence-corrected chi connectivity index (χ4v) is 2.41. The number of fused-ring (bicyclic) bond motifs is 1. The van der Waals surface area contributed by atoms with E-state index in [9.17, 15) is 9.59 Å². The van der Waals surface area contributed by atoms with Gasteiger partial charge in [0.1, 0.15) is 11.5 Å². The topological polar surface area (TPSA) is 80.4 Å². The minimum atomic E-state index is -0.292. The van der Waals surface area contributed by atoms with Crippen LogP contribution in [0.15, 0.2) is 59.4 Å². The van der Waals surface area contributed by atoms with E-state index < -0.39 is 0 Å². The van der Waals surface area contributed by atoms with Crippen molar-refractivity contribution in [3.05, 3.63) is 65.0 Å². The third kappa shape index (κ3) is 4.17. The number of amides is 1. The molecular formula is C19H18N2O4. The largest absolute Gasteiger partial charge is 0.494 e. The first-order chi connectivity index (χ1) is 12.2. The molecule has 3 aromatic rings. The number of rotatable bonds is 6. The van der Waals surface area contributed by atoms with E-state index in [-0.39, 0.29) is 18.1 Å². The molecule has 0 bridgehead atoms. The summed E-state index contributed by atoms with van der Waals surface area (Å²) >= 11 is 0. The fourth-order valence-electron chi connectivity index (χ4n) is 2.41. The zero-order chi connectivity index (χ0) is 17.6. The number of nitrogens with one attached hydrogen (secondary N) is 2. The summed E-state index contributed by atoms with van der Waals surface area (Å²) in [6, 6.07) is 15.6. The van der Waals surface area contributed by atoms with Crippen molar-refractivity contribution in [2.24, 2.45) is 0 Å². The van der Waals surface area contributed by atoms with Crippen LogP contribution < -0.4 is 20.3 Å². The van der Waals surface area contributed by atoms with E-state index in [0.717, 1.165) is 11.1 Å². The van der Waals surface area contributed by atoms with Crippen molar-refractivity contribution in [2.75, 3.05) is 18.5 Å². The molecule has 1 amide bonds. The van der Waals surface area contributed by atoms with Crippen LogP contribution in [0.25, 0.3) is 10.9 Å². The van der Waals surface area contributed by atoms with Crippen LogP contribution in [0.5, 0.6) is 11.5 Å². The second kappa shape index (κ2) is 7.53. The number of pyridine rings is 1. The number of ether oxygens (including phenoxy) is 2. The molecule has 0 saturated heterocycles. The Morgan fingerprint density at radius 3 is 2.60 bits per heavy atom. The zero-order valence-corrected chi connectivity index (χ0v) is 13.7. The summed E-state index contributed by atoms with van der Waals surface area (Å²) in [6.07, 6.45) is 0. The van der Waals surface area contributed by atoms with Crippen molar-refractivity contribution >= 4 is 22.5 Å². The van der Waals surface area contributed by atoms with Crippen molar-refractivity contribution in [3.63, 3.8) is 0 Å². The number of anilines is 1. The number of para-hydroxylation sites is 1. The van der Waals surface area contributed by atoms with Gasteiger partial charge in [0, 0.05) is 17.1 Å². The maximum atomic E-state index is 12.1. The first-order valence-electron chi connectivity index (χ1n) is 7.93. The van der Waals surface area contributed by atoms with Gasteiger partial charge in [-0.25, -0.2) is 0 Å². The summed E-state index contributed by atoms with van der Waals surface area (Å²) in [5.41, 5.74) is 1.01. The maximum Gasteiger partial charge on any atom is 0.262 e. The molecule has 128 valence electrons. The zero-order valence-electron chi connectivity index (χ0n) is 13.7. The highest BCUT2D eigenvalue weighted by atomic mass is 16.5. The number of aromatic amines is 1. The molecule has 0 aliphatic carbocycles. The second-order valence-corrected chi connectivity index (χ2v) is 5.34. The molecule has 0 aliphatic rings. The SMILES string of the molecule is CCOc1ccc(NC(=O)COc2cccc3ccc(=O)[nH]c23)cc1. The molecular weight excluding hydrogens is 320 g/mol. The smallest absolute Gasteiger partial charge is 0.262 e. The summed E-state index contributed by atoms with van der Waals surface area (Å²) < 4.78 is 10.9. The van der Waals surface area contributed by atoms with Gasteiger partial charge in [-0.1, -0.05) is 12.1 Å². The van der Waals surface area contributed by atoms with Crippen molar-refractivity contribution in [1.29, 1.82) is 0 Å². The number of aromatic nitrogens is 1. The number of hydrogen-bond donors (Lipinski definition) is 2. The molecule has 6 heteroatoms. The fraction of sp³-hybridized carbons (Fsp3) is 0.158. The first kappa shape index (κ1) is 16.6. The van der Waals surface area contributed by atoms with Gasteiger partial charge in [-0.15, -0.1) is 0 Å². The van der Waals surface area contributed by atoms with Gasteiger partial charge in [-0.05, 0) is 43.3 Å². The molecule has 0 atom stereocenters. The highest BCUT2D eigenvalue weighted by Gasteiger charge is 2.07. The summed E-state index contributed by atoms with van der Waals surface area (Å²) in [5, 5.41) is 3.59. The van der Waals surface area contributed by atoms with Gasteiger partial charge >= 0.3 is 0 Å². The lowest BCUT2D eigenvalue weighted by atomic mass is 10.2. The minimum absolute atomic E-state index is 0.163. The predicted molar refractivity (Wildman–Crippen MR) is 96.3 cm³/mol. The van der Waals surface area contributed by atoms with Gasteiger partial charge in [0.05, 0.1) is 12.1 Å². The lowest BCUT2D eigenvalue weighted by molar-refractivity contribution is -0.118. The van der Waals surface area contributed by atoms with Crippen LogP contribution in [0.3, 0.4) is 0 Å². The molecule has 6 nitrogen and oxygen atoms in total. The molecule has 0 unspecified atom stereocenters. The highest BCUT2D eigenvalue weighted by Crippen LogP contribution is 2.22. The predicted octanol–water partition coefficient (Wildman–Crippen LogP) is 2.94. The quantitative estimate of drug-likeness (QED) is 0.724. The summed E-state index contributed by atoms with van der Waals surface area (Å²) in [6.45, 7) is 2.34. The third-order valence-corrected chi connectivity index (χ3v) is 3.53. The molecule has 25 heavy (non-hydrogen) atoms. The van der Waals surface area contributed by atoms with Crippen molar-refractivity contribution in [1.82, 2.24) is 4.98 Å². The van der Waals surface area contributed by atoms with Gasteiger partial charge in [-0.3, -0.25) is 9.59 Å². The van der Waals surface area contributed by atoms with Gasteiger partial charge < -0.3 is 19.8 Å². The third-order valence-electron chi connectivity index (χ3n) is 3.53. The van der Waals surface area contributed by atoms with E-state index in [4.69, 9.17) is 9.47 Å². The Hall–Kier alpha value is -3.28. The van der Waals surface area contributed by atoms with Crippen LogP contribution in [0.2, 0.25) is 0 Å². The minimum Gasteiger partial charge on any atom is -0.494 e. The average molecular weight is 338 g/mol. The number of carbonyl (C=O) groups is 1. The van der Waals surface area contributed by atoms with Gasteiger partial charge in [0.2, 0.25) is 5.56 Å². The Morgan fingerprint density at radius 1 is 1.04 bits per heavy atom. The molecule has 3 rings (SSSR count). The lowest BCUT2D eigenvalue weighted by Gasteiger charge is -2.10. The first-order valence-corrected chi connectivity index (χ1v) is 7.93. The second-order valence-electron chi connectivity index (χ2n) is 5.34. The normalized spacial score (nSPS) is 10.4. The van der Waals surface area contributed by atoms with Crippen LogP contribution >= 0.6 is 0 Å². The Balaban J connectivity index is 1.64. The Labute approximate surface area is 144 Å². The molecule has 0 fully saturated rings. The highest BCUT2D eigenvalue weighted by molar-refractivity contribution is 5.92. The lowest BCUT2D eigenvalue weighted by Crippen LogP contribution is -2.20. The van der Waals surface area contributed by atoms with Crippen LogP contribution in [0, 0.1) is 0 Å². The number of benzene rings is 2. The van der Waals surface area contributed by atoms with E-state index in [1.807, 2.05) is 13.0 Å². The Morgan fingerprint density at radius 2 is 1.84 bits per heavy atom. The van der Waals surface area contributed by atoms with Crippen LogP contribution in [-0.2, 0) is 4.79 Å². The van der Waals surface area contributed by atoms with E-state index >= 15 is 0 Å².